The van der Waals surface area contributed by atoms with E-state index >= 15 is 0 Å². The summed E-state index contributed by atoms with van der Waals surface area (Å²) in [5, 5.41) is 9.92. The molecule has 2 aromatic rings. The summed E-state index contributed by atoms with van der Waals surface area (Å²) >= 11 is 0. The lowest BCUT2D eigenvalue weighted by molar-refractivity contribution is 0.157. The van der Waals surface area contributed by atoms with Crippen LogP contribution in [0.4, 0.5) is 0 Å². The molecule has 0 spiro atoms. The van der Waals surface area contributed by atoms with Gasteiger partial charge in [0.25, 0.3) is 0 Å². The topological polar surface area (TPSA) is 43.0 Å². The molecule has 1 aliphatic rings. The highest BCUT2D eigenvalue weighted by Crippen LogP contribution is 2.30. The molecule has 0 bridgehead atoms. The first-order valence-electron chi connectivity index (χ1n) is 6.06. The zero-order valence-corrected chi connectivity index (χ0v) is 10.0. The van der Waals surface area contributed by atoms with Gasteiger partial charge in [0.05, 0.1) is 24.7 Å². The molecule has 1 unspecified atom stereocenters. The van der Waals surface area contributed by atoms with Crippen LogP contribution in [0.5, 0.6) is 0 Å². The molecule has 0 aromatic carbocycles. The number of rotatable bonds is 2. The zero-order chi connectivity index (χ0) is 11.8. The first kappa shape index (κ1) is 10.6. The summed E-state index contributed by atoms with van der Waals surface area (Å²) in [6.45, 7) is 0.816. The number of aliphatic hydroxyl groups excluding tert-OH is 1. The molecule has 1 N–H and O–H groups in total. The fourth-order valence-electron chi connectivity index (χ4n) is 2.54. The number of imidazole rings is 1. The van der Waals surface area contributed by atoms with Gasteiger partial charge in [-0.2, -0.15) is 0 Å². The predicted molar refractivity (Wildman–Crippen MR) is 64.6 cm³/mol. The highest BCUT2D eigenvalue weighted by Gasteiger charge is 2.19. The highest BCUT2D eigenvalue weighted by molar-refractivity contribution is 5.29. The second-order valence-electron chi connectivity index (χ2n) is 4.82. The minimum atomic E-state index is -0.272. The second-order valence-corrected chi connectivity index (χ2v) is 4.82. The molecule has 4 nitrogen and oxygen atoms in total. The third kappa shape index (κ3) is 1.89. The van der Waals surface area contributed by atoms with Gasteiger partial charge >= 0.3 is 0 Å². The maximum absolute atomic E-state index is 9.92. The fourth-order valence-corrected chi connectivity index (χ4v) is 2.54. The Balaban J connectivity index is 1.88. The number of hydrogen-bond donors (Lipinski definition) is 1. The van der Waals surface area contributed by atoms with Gasteiger partial charge in [-0.05, 0) is 24.8 Å². The van der Waals surface area contributed by atoms with Crippen LogP contribution in [-0.2, 0) is 20.0 Å². The first-order chi connectivity index (χ1) is 8.24. The smallest absolute Gasteiger partial charge is 0.0946 e. The lowest BCUT2D eigenvalue weighted by Crippen LogP contribution is -2.05. The number of hydrogen-bond acceptors (Lipinski definition) is 2. The standard InChI is InChI=1S/C13H17N3O/c1-15-9-14-5-11(15)7-16-6-10-3-2-4-13(17)12(10)8-16/h5-6,8-9,13,17H,2-4,7H2,1H3. The van der Waals surface area contributed by atoms with Crippen LogP contribution in [0.1, 0.15) is 35.8 Å². The lowest BCUT2D eigenvalue weighted by atomic mass is 9.93. The number of aryl methyl sites for hydroxylation is 2. The van der Waals surface area contributed by atoms with Crippen LogP contribution in [0.3, 0.4) is 0 Å². The maximum Gasteiger partial charge on any atom is 0.0946 e. The average molecular weight is 231 g/mol. The van der Waals surface area contributed by atoms with Crippen molar-refractivity contribution >= 4 is 0 Å². The van der Waals surface area contributed by atoms with Gasteiger partial charge in [0, 0.05) is 31.2 Å². The molecule has 0 saturated heterocycles. The summed E-state index contributed by atoms with van der Waals surface area (Å²) in [5.41, 5.74) is 3.58. The van der Waals surface area contributed by atoms with E-state index < -0.39 is 0 Å². The molecular formula is C13H17N3O. The van der Waals surface area contributed by atoms with Crippen LogP contribution in [0, 0.1) is 0 Å². The van der Waals surface area contributed by atoms with Gasteiger partial charge in [-0.3, -0.25) is 0 Å². The first-order valence-corrected chi connectivity index (χ1v) is 6.06. The van der Waals surface area contributed by atoms with Crippen molar-refractivity contribution in [3.63, 3.8) is 0 Å². The van der Waals surface area contributed by atoms with E-state index in [1.165, 1.54) is 11.3 Å². The van der Waals surface area contributed by atoms with Gasteiger partial charge in [0.1, 0.15) is 0 Å². The Kier molecular flexibility index (Phi) is 2.52. The Labute approximate surface area is 101 Å². The van der Waals surface area contributed by atoms with Gasteiger partial charge in [-0.15, -0.1) is 0 Å². The number of nitrogens with zero attached hydrogens (tertiary/aromatic N) is 3. The Bertz CT molecular complexity index is 527. The SMILES string of the molecule is Cn1cncc1Cn1cc2c(c1)C(O)CCC2. The third-order valence-electron chi connectivity index (χ3n) is 3.54. The molecule has 0 aliphatic heterocycles. The highest BCUT2D eigenvalue weighted by atomic mass is 16.3. The van der Waals surface area contributed by atoms with Gasteiger partial charge < -0.3 is 14.2 Å². The summed E-state index contributed by atoms with van der Waals surface area (Å²) in [5.74, 6) is 0. The van der Waals surface area contributed by atoms with Crippen molar-refractivity contribution in [1.82, 2.24) is 14.1 Å². The van der Waals surface area contributed by atoms with E-state index in [2.05, 4.69) is 21.9 Å². The van der Waals surface area contributed by atoms with E-state index in [0.717, 1.165) is 31.4 Å². The molecule has 1 atom stereocenters. The number of aliphatic hydroxyl groups is 1. The molecule has 2 aromatic heterocycles. The molecule has 0 amide bonds. The molecule has 3 rings (SSSR count). The van der Waals surface area contributed by atoms with Crippen molar-refractivity contribution in [2.75, 3.05) is 0 Å². The lowest BCUT2D eigenvalue weighted by Gasteiger charge is -2.16. The van der Waals surface area contributed by atoms with Gasteiger partial charge in [0.15, 0.2) is 0 Å². The molecule has 0 saturated carbocycles. The van der Waals surface area contributed by atoms with Crippen molar-refractivity contribution in [2.45, 2.75) is 31.9 Å². The van der Waals surface area contributed by atoms with Crippen LogP contribution in [0.2, 0.25) is 0 Å². The molecule has 4 heteroatoms. The van der Waals surface area contributed by atoms with Crippen molar-refractivity contribution in [3.05, 3.63) is 41.7 Å². The van der Waals surface area contributed by atoms with Crippen molar-refractivity contribution < 1.29 is 5.11 Å². The summed E-state index contributed by atoms with van der Waals surface area (Å²) in [6.07, 6.45) is 10.7. The van der Waals surface area contributed by atoms with E-state index in [4.69, 9.17) is 0 Å². The minimum absolute atomic E-state index is 0.272. The van der Waals surface area contributed by atoms with E-state index in [0.29, 0.717) is 0 Å². The maximum atomic E-state index is 9.92. The van der Waals surface area contributed by atoms with Crippen molar-refractivity contribution in [3.8, 4) is 0 Å². The molecule has 17 heavy (non-hydrogen) atoms. The molecule has 0 radical (unpaired) electrons. The minimum Gasteiger partial charge on any atom is -0.388 e. The van der Waals surface area contributed by atoms with Gasteiger partial charge in [-0.25, -0.2) is 4.98 Å². The molecule has 1 aliphatic carbocycles. The van der Waals surface area contributed by atoms with E-state index in [9.17, 15) is 5.11 Å². The van der Waals surface area contributed by atoms with Crippen LogP contribution in [0.25, 0.3) is 0 Å². The molecule has 2 heterocycles. The second kappa shape index (κ2) is 4.04. The number of fused-ring (bicyclic) bond motifs is 1. The van der Waals surface area contributed by atoms with Crippen LogP contribution >= 0.6 is 0 Å². The quantitative estimate of drug-likeness (QED) is 0.853. The Morgan fingerprint density at radius 1 is 1.47 bits per heavy atom. The van der Waals surface area contributed by atoms with Crippen LogP contribution < -0.4 is 0 Å². The van der Waals surface area contributed by atoms with E-state index in [-0.39, 0.29) is 6.10 Å². The monoisotopic (exact) mass is 231 g/mol. The van der Waals surface area contributed by atoms with Gasteiger partial charge in [0.2, 0.25) is 0 Å². The van der Waals surface area contributed by atoms with Crippen LogP contribution in [0.15, 0.2) is 24.9 Å². The Hall–Kier alpha value is -1.55. The molecular weight excluding hydrogens is 214 g/mol. The van der Waals surface area contributed by atoms with Crippen LogP contribution in [-0.4, -0.2) is 19.2 Å². The summed E-state index contributed by atoms with van der Waals surface area (Å²) in [6, 6.07) is 0. The number of aromatic nitrogens is 3. The molecule has 0 fully saturated rings. The summed E-state index contributed by atoms with van der Waals surface area (Å²) in [7, 11) is 2.00. The van der Waals surface area contributed by atoms with Gasteiger partial charge in [-0.1, -0.05) is 0 Å². The summed E-state index contributed by atoms with van der Waals surface area (Å²) in [4.78, 5) is 4.11. The third-order valence-corrected chi connectivity index (χ3v) is 3.54. The largest absolute Gasteiger partial charge is 0.388 e. The Morgan fingerprint density at radius 2 is 2.35 bits per heavy atom. The fraction of sp³-hybridized carbons (Fsp3) is 0.462. The summed E-state index contributed by atoms with van der Waals surface area (Å²) < 4.78 is 4.17. The van der Waals surface area contributed by atoms with E-state index in [1.807, 2.05) is 24.1 Å². The normalized spacial score (nSPS) is 19.3. The Morgan fingerprint density at radius 3 is 3.06 bits per heavy atom. The average Bonchev–Trinajstić information content (AvgIpc) is 2.87. The van der Waals surface area contributed by atoms with Crippen molar-refractivity contribution in [2.24, 2.45) is 7.05 Å². The molecule has 90 valence electrons. The zero-order valence-electron chi connectivity index (χ0n) is 10.0. The van der Waals surface area contributed by atoms with E-state index in [1.54, 1.807) is 0 Å². The van der Waals surface area contributed by atoms with Crippen molar-refractivity contribution in [1.29, 1.82) is 0 Å². The predicted octanol–water partition coefficient (Wildman–Crippen LogP) is 1.64.